The molecule has 0 saturated carbocycles. The number of nitrogens with one attached hydrogen (secondary N) is 2. The van der Waals surface area contributed by atoms with E-state index in [0.717, 1.165) is 30.8 Å². The Bertz CT molecular complexity index is 636. The summed E-state index contributed by atoms with van der Waals surface area (Å²) in [5.41, 5.74) is 2.89. The minimum absolute atomic E-state index is 0.00284. The molecule has 1 aromatic carbocycles. The molecule has 2 rings (SSSR count). The van der Waals surface area contributed by atoms with Crippen molar-refractivity contribution in [1.29, 1.82) is 15.8 Å². The standard InChI is InChI=1S/C14H11N5/c15-6-11(7-16)14(8-17)19-13-3-1-2-10-9-18-5-4-12(10)13/h1-3,18-19H,4-5,9H2. The predicted molar refractivity (Wildman–Crippen MR) is 69.3 cm³/mol. The van der Waals surface area contributed by atoms with Crippen LogP contribution in [0.1, 0.15) is 11.1 Å². The average Bonchev–Trinajstić information content (AvgIpc) is 2.47. The maximum absolute atomic E-state index is 9.04. The first-order valence-corrected chi connectivity index (χ1v) is 5.83. The minimum Gasteiger partial charge on any atom is -0.345 e. The van der Waals surface area contributed by atoms with Crippen LogP contribution in [0.2, 0.25) is 0 Å². The molecule has 1 heterocycles. The number of nitrogens with zero attached hydrogens (tertiary/aromatic N) is 3. The molecule has 0 fully saturated rings. The molecule has 1 aliphatic heterocycles. The SMILES string of the molecule is N#CC(C#N)=C(C#N)Nc1cccc2c1CCNC2. The average molecular weight is 249 g/mol. The molecule has 0 spiro atoms. The van der Waals surface area contributed by atoms with Gasteiger partial charge in [0.25, 0.3) is 0 Å². The summed E-state index contributed by atoms with van der Waals surface area (Å²) in [5.74, 6) is 0. The zero-order valence-electron chi connectivity index (χ0n) is 10.2. The van der Waals surface area contributed by atoms with Crippen molar-refractivity contribution in [2.75, 3.05) is 11.9 Å². The second-order valence-electron chi connectivity index (χ2n) is 4.08. The summed E-state index contributed by atoms with van der Waals surface area (Å²) in [6.45, 7) is 1.67. The van der Waals surface area contributed by atoms with Crippen LogP contribution in [0.4, 0.5) is 5.69 Å². The summed E-state index contributed by atoms with van der Waals surface area (Å²) in [6.07, 6.45) is 0.853. The normalized spacial score (nSPS) is 12.3. The first-order valence-electron chi connectivity index (χ1n) is 5.83. The number of hydrogen-bond acceptors (Lipinski definition) is 5. The van der Waals surface area contributed by atoms with Gasteiger partial charge in [-0.15, -0.1) is 0 Å². The molecule has 92 valence electrons. The van der Waals surface area contributed by atoms with Crippen LogP contribution in [-0.4, -0.2) is 6.54 Å². The van der Waals surface area contributed by atoms with Gasteiger partial charge in [-0.2, -0.15) is 15.8 Å². The van der Waals surface area contributed by atoms with Gasteiger partial charge >= 0.3 is 0 Å². The number of hydrogen-bond donors (Lipinski definition) is 2. The van der Waals surface area contributed by atoms with Crippen LogP contribution in [-0.2, 0) is 13.0 Å². The number of rotatable bonds is 2. The first-order chi connectivity index (χ1) is 9.30. The van der Waals surface area contributed by atoms with Crippen molar-refractivity contribution in [3.05, 3.63) is 40.6 Å². The summed E-state index contributed by atoms with van der Waals surface area (Å²) < 4.78 is 0. The molecule has 1 aliphatic rings. The van der Waals surface area contributed by atoms with Crippen molar-refractivity contribution in [2.24, 2.45) is 0 Å². The molecule has 0 atom stereocenters. The Morgan fingerprint density at radius 1 is 1.16 bits per heavy atom. The van der Waals surface area contributed by atoms with E-state index in [1.165, 1.54) is 5.56 Å². The van der Waals surface area contributed by atoms with Gasteiger partial charge in [0.1, 0.15) is 23.9 Å². The van der Waals surface area contributed by atoms with Gasteiger partial charge in [-0.1, -0.05) is 12.1 Å². The number of fused-ring (bicyclic) bond motifs is 1. The van der Waals surface area contributed by atoms with Crippen LogP contribution < -0.4 is 10.6 Å². The Kier molecular flexibility index (Phi) is 3.78. The van der Waals surface area contributed by atoms with Gasteiger partial charge in [0.15, 0.2) is 5.57 Å². The zero-order chi connectivity index (χ0) is 13.7. The minimum atomic E-state index is -0.200. The summed E-state index contributed by atoms with van der Waals surface area (Å²) in [7, 11) is 0. The van der Waals surface area contributed by atoms with Crippen LogP contribution in [0.25, 0.3) is 0 Å². The topological polar surface area (TPSA) is 95.4 Å². The van der Waals surface area contributed by atoms with Crippen LogP contribution in [0.5, 0.6) is 0 Å². The van der Waals surface area contributed by atoms with E-state index in [1.807, 2.05) is 24.3 Å². The molecule has 0 aromatic heterocycles. The lowest BCUT2D eigenvalue weighted by Gasteiger charge is -2.20. The molecule has 0 amide bonds. The number of allylic oxidation sites excluding steroid dienone is 2. The fraction of sp³-hybridized carbons (Fsp3) is 0.214. The molecule has 0 saturated heterocycles. The molecule has 0 radical (unpaired) electrons. The molecular weight excluding hydrogens is 238 g/mol. The lowest BCUT2D eigenvalue weighted by Crippen LogP contribution is -2.24. The van der Waals surface area contributed by atoms with Crippen LogP contribution in [0.3, 0.4) is 0 Å². The van der Waals surface area contributed by atoms with E-state index in [-0.39, 0.29) is 11.3 Å². The van der Waals surface area contributed by atoms with E-state index in [9.17, 15) is 0 Å². The van der Waals surface area contributed by atoms with Crippen LogP contribution in [0.15, 0.2) is 29.5 Å². The highest BCUT2D eigenvalue weighted by Gasteiger charge is 2.14. The van der Waals surface area contributed by atoms with Crippen LogP contribution >= 0.6 is 0 Å². The van der Waals surface area contributed by atoms with E-state index in [2.05, 4.69) is 10.6 Å². The maximum Gasteiger partial charge on any atom is 0.163 e. The highest BCUT2D eigenvalue weighted by Crippen LogP contribution is 2.24. The summed E-state index contributed by atoms with van der Waals surface area (Å²) in [4.78, 5) is 0. The highest BCUT2D eigenvalue weighted by atomic mass is 14.9. The van der Waals surface area contributed by atoms with E-state index < -0.39 is 0 Å². The fourth-order valence-corrected chi connectivity index (χ4v) is 2.07. The van der Waals surface area contributed by atoms with Crippen molar-refractivity contribution in [1.82, 2.24) is 5.32 Å². The molecule has 0 unspecified atom stereocenters. The molecule has 1 aromatic rings. The van der Waals surface area contributed by atoms with Crippen molar-refractivity contribution in [3.8, 4) is 18.2 Å². The zero-order valence-corrected chi connectivity index (χ0v) is 10.2. The Morgan fingerprint density at radius 2 is 1.95 bits per heavy atom. The smallest absolute Gasteiger partial charge is 0.163 e. The van der Waals surface area contributed by atoms with E-state index >= 15 is 0 Å². The van der Waals surface area contributed by atoms with Gasteiger partial charge in [0.05, 0.1) is 0 Å². The van der Waals surface area contributed by atoms with E-state index in [4.69, 9.17) is 15.8 Å². The van der Waals surface area contributed by atoms with E-state index in [0.29, 0.717) is 0 Å². The summed E-state index contributed by atoms with van der Waals surface area (Å²) >= 11 is 0. The van der Waals surface area contributed by atoms with Crippen molar-refractivity contribution in [3.63, 3.8) is 0 Å². The molecule has 5 nitrogen and oxygen atoms in total. The summed E-state index contributed by atoms with van der Waals surface area (Å²) in [6, 6.07) is 11.1. The van der Waals surface area contributed by atoms with E-state index in [1.54, 1.807) is 12.1 Å². The lowest BCUT2D eigenvalue weighted by molar-refractivity contribution is 0.645. The number of benzene rings is 1. The van der Waals surface area contributed by atoms with Gasteiger partial charge in [-0.25, -0.2) is 0 Å². The van der Waals surface area contributed by atoms with Crippen molar-refractivity contribution in [2.45, 2.75) is 13.0 Å². The van der Waals surface area contributed by atoms with Gasteiger partial charge in [-0.05, 0) is 30.2 Å². The van der Waals surface area contributed by atoms with Crippen molar-refractivity contribution >= 4 is 5.69 Å². The molecule has 2 N–H and O–H groups in total. The van der Waals surface area contributed by atoms with Gasteiger partial charge in [0.2, 0.25) is 0 Å². The highest BCUT2D eigenvalue weighted by molar-refractivity contribution is 5.63. The molecule has 0 aliphatic carbocycles. The first kappa shape index (κ1) is 12.6. The Labute approximate surface area is 111 Å². The largest absolute Gasteiger partial charge is 0.345 e. The van der Waals surface area contributed by atoms with Crippen molar-refractivity contribution < 1.29 is 0 Å². The number of anilines is 1. The molecule has 5 heteroatoms. The third-order valence-electron chi connectivity index (χ3n) is 2.99. The Balaban J connectivity index is 2.40. The second-order valence-corrected chi connectivity index (χ2v) is 4.08. The van der Waals surface area contributed by atoms with Gasteiger partial charge < -0.3 is 10.6 Å². The third kappa shape index (κ3) is 2.55. The predicted octanol–water partition coefficient (Wildman–Crippen LogP) is 1.57. The summed E-state index contributed by atoms with van der Waals surface area (Å²) in [5, 5.41) is 32.8. The Hall–Kier alpha value is -2.81. The Morgan fingerprint density at radius 3 is 2.63 bits per heavy atom. The second kappa shape index (κ2) is 5.69. The van der Waals surface area contributed by atoms with Gasteiger partial charge in [-0.3, -0.25) is 0 Å². The third-order valence-corrected chi connectivity index (χ3v) is 2.99. The lowest BCUT2D eigenvalue weighted by atomic mass is 9.99. The number of nitriles is 3. The molecular formula is C14H11N5. The quantitative estimate of drug-likeness (QED) is 0.775. The molecule has 0 bridgehead atoms. The molecule has 19 heavy (non-hydrogen) atoms. The monoisotopic (exact) mass is 249 g/mol. The maximum atomic E-state index is 9.04. The fourth-order valence-electron chi connectivity index (χ4n) is 2.07. The van der Waals surface area contributed by atoms with Crippen LogP contribution in [0, 0.1) is 34.0 Å². The van der Waals surface area contributed by atoms with Gasteiger partial charge in [0, 0.05) is 12.2 Å².